The smallest absolute Gasteiger partial charge is 0.0993 e. The lowest BCUT2D eigenvalue weighted by molar-refractivity contribution is 1.14. The summed E-state index contributed by atoms with van der Waals surface area (Å²) >= 11 is 13.4. The molecule has 0 radical (unpaired) electrons. The number of rotatable bonds is 3. The van der Waals surface area contributed by atoms with Gasteiger partial charge < -0.3 is 5.32 Å². The molecule has 4 heteroatoms. The van der Waals surface area contributed by atoms with Crippen molar-refractivity contribution < 1.29 is 0 Å². The molecule has 17 heavy (non-hydrogen) atoms. The maximum absolute atomic E-state index is 6.08. The lowest BCUT2D eigenvalue weighted by atomic mass is 10.1. The molecule has 1 nitrogen and oxygen atoms in total. The highest BCUT2D eigenvalue weighted by molar-refractivity contribution is 7.20. The van der Waals surface area contributed by atoms with Crippen LogP contribution in [0.3, 0.4) is 0 Å². The van der Waals surface area contributed by atoms with Gasteiger partial charge in [-0.1, -0.05) is 41.4 Å². The van der Waals surface area contributed by atoms with Crippen molar-refractivity contribution in [3.63, 3.8) is 0 Å². The minimum atomic E-state index is 0.702. The van der Waals surface area contributed by atoms with Crippen molar-refractivity contribution in [2.45, 2.75) is 20.4 Å². The van der Waals surface area contributed by atoms with E-state index in [4.69, 9.17) is 23.2 Å². The third-order valence-electron chi connectivity index (χ3n) is 2.66. The van der Waals surface area contributed by atoms with Crippen molar-refractivity contribution in [1.29, 1.82) is 0 Å². The summed E-state index contributed by atoms with van der Waals surface area (Å²) in [5, 5.41) is 3.42. The van der Waals surface area contributed by atoms with Gasteiger partial charge in [0.2, 0.25) is 0 Å². The van der Waals surface area contributed by atoms with Crippen molar-refractivity contribution >= 4 is 40.2 Å². The van der Waals surface area contributed by atoms with Crippen LogP contribution in [0.4, 0.5) is 5.69 Å². The number of nitrogens with one attached hydrogen (secondary N) is 1. The molecule has 2 rings (SSSR count). The van der Waals surface area contributed by atoms with Crippen LogP contribution in [0.5, 0.6) is 0 Å². The molecule has 0 unspecified atom stereocenters. The lowest BCUT2D eigenvalue weighted by Crippen LogP contribution is -2.02. The van der Waals surface area contributed by atoms with Gasteiger partial charge in [0.25, 0.3) is 0 Å². The van der Waals surface area contributed by atoms with Crippen molar-refractivity contribution in [2.75, 3.05) is 5.32 Å². The molecule has 0 aliphatic heterocycles. The zero-order valence-corrected chi connectivity index (χ0v) is 12.0. The second kappa shape index (κ2) is 5.30. The minimum Gasteiger partial charge on any atom is -0.380 e. The molecule has 0 amide bonds. The average Bonchev–Trinajstić information content (AvgIpc) is 2.57. The van der Waals surface area contributed by atoms with E-state index < -0.39 is 0 Å². The molecule has 0 bridgehead atoms. The number of halogens is 2. The predicted molar refractivity (Wildman–Crippen MR) is 77.6 cm³/mol. The molecule has 0 atom stereocenters. The van der Waals surface area contributed by atoms with Gasteiger partial charge >= 0.3 is 0 Å². The Labute approximate surface area is 115 Å². The molecule has 90 valence electrons. The first-order valence-electron chi connectivity index (χ1n) is 5.31. The van der Waals surface area contributed by atoms with E-state index in [1.54, 1.807) is 0 Å². The molecular formula is C13H13Cl2NS. The minimum absolute atomic E-state index is 0.702. The van der Waals surface area contributed by atoms with E-state index >= 15 is 0 Å². The van der Waals surface area contributed by atoms with E-state index in [0.29, 0.717) is 6.54 Å². The highest BCUT2D eigenvalue weighted by Gasteiger charge is 2.07. The molecule has 1 aromatic carbocycles. The second-order valence-electron chi connectivity index (χ2n) is 3.97. The number of thiophene rings is 1. The summed E-state index contributed by atoms with van der Waals surface area (Å²) in [6.45, 7) is 4.89. The molecule has 0 saturated carbocycles. The van der Waals surface area contributed by atoms with Crippen LogP contribution in [0.1, 0.15) is 16.7 Å². The SMILES string of the molecule is Cc1cccc(C)c1NCc1cc(Cl)sc1Cl. The molecule has 0 spiro atoms. The molecule has 1 aromatic heterocycles. The van der Waals surface area contributed by atoms with E-state index in [-0.39, 0.29) is 0 Å². The van der Waals surface area contributed by atoms with E-state index in [2.05, 4.69) is 37.4 Å². The monoisotopic (exact) mass is 285 g/mol. The molecule has 0 aliphatic rings. The molecule has 1 heterocycles. The number of hydrogen-bond acceptors (Lipinski definition) is 2. The van der Waals surface area contributed by atoms with Crippen LogP contribution in [-0.2, 0) is 6.54 Å². The summed E-state index contributed by atoms with van der Waals surface area (Å²) in [5.74, 6) is 0. The number of para-hydroxylation sites is 1. The number of hydrogen-bond donors (Lipinski definition) is 1. The van der Waals surface area contributed by atoms with Crippen LogP contribution < -0.4 is 5.32 Å². The summed E-state index contributed by atoms with van der Waals surface area (Å²) in [5.41, 5.74) is 4.69. The second-order valence-corrected chi connectivity index (χ2v) is 6.26. The highest BCUT2D eigenvalue weighted by Crippen LogP contribution is 2.32. The Kier molecular flexibility index (Phi) is 3.97. The Bertz CT molecular complexity index is 514. The third-order valence-corrected chi connectivity index (χ3v) is 4.23. The molecule has 0 saturated heterocycles. The van der Waals surface area contributed by atoms with Gasteiger partial charge in [-0.2, -0.15) is 0 Å². The summed E-state index contributed by atoms with van der Waals surface area (Å²) in [6.07, 6.45) is 0. The van der Waals surface area contributed by atoms with Crippen LogP contribution >= 0.6 is 34.5 Å². The van der Waals surface area contributed by atoms with Crippen molar-refractivity contribution in [3.05, 3.63) is 49.6 Å². The topological polar surface area (TPSA) is 12.0 Å². The van der Waals surface area contributed by atoms with Crippen LogP contribution in [0.25, 0.3) is 0 Å². The van der Waals surface area contributed by atoms with Crippen LogP contribution in [-0.4, -0.2) is 0 Å². The van der Waals surface area contributed by atoms with E-state index in [0.717, 1.165) is 14.2 Å². The van der Waals surface area contributed by atoms with Crippen LogP contribution in [0, 0.1) is 13.8 Å². The first-order chi connectivity index (χ1) is 8.08. The average molecular weight is 286 g/mol. The first-order valence-corrected chi connectivity index (χ1v) is 6.89. The van der Waals surface area contributed by atoms with E-state index in [1.165, 1.54) is 28.2 Å². The fourth-order valence-electron chi connectivity index (χ4n) is 1.77. The van der Waals surface area contributed by atoms with Crippen LogP contribution in [0.15, 0.2) is 24.3 Å². The molecule has 0 fully saturated rings. The number of anilines is 1. The van der Waals surface area contributed by atoms with Crippen molar-refractivity contribution in [2.24, 2.45) is 0 Å². The maximum Gasteiger partial charge on any atom is 0.0993 e. The normalized spacial score (nSPS) is 10.6. The molecule has 1 N–H and O–H groups in total. The van der Waals surface area contributed by atoms with Gasteiger partial charge in [0, 0.05) is 17.8 Å². The third kappa shape index (κ3) is 2.95. The van der Waals surface area contributed by atoms with E-state index in [1.807, 2.05) is 6.07 Å². The van der Waals surface area contributed by atoms with Gasteiger partial charge in [-0.05, 0) is 31.0 Å². The van der Waals surface area contributed by atoms with Gasteiger partial charge in [-0.15, -0.1) is 11.3 Å². The Balaban J connectivity index is 2.15. The standard InChI is InChI=1S/C13H13Cl2NS/c1-8-4-3-5-9(2)12(8)16-7-10-6-11(14)17-13(10)15/h3-6,16H,7H2,1-2H3. The zero-order chi connectivity index (χ0) is 12.4. The summed E-state index contributed by atoms with van der Waals surface area (Å²) < 4.78 is 1.49. The fraction of sp³-hybridized carbons (Fsp3) is 0.231. The number of benzene rings is 1. The van der Waals surface area contributed by atoms with Gasteiger partial charge in [0.05, 0.1) is 8.67 Å². The van der Waals surface area contributed by atoms with Crippen LogP contribution in [0.2, 0.25) is 8.67 Å². The highest BCUT2D eigenvalue weighted by atomic mass is 35.5. The summed E-state index contributed by atoms with van der Waals surface area (Å²) in [6, 6.07) is 8.16. The Hall–Kier alpha value is -0.700. The fourth-order valence-corrected chi connectivity index (χ4v) is 3.26. The number of aryl methyl sites for hydroxylation is 2. The Morgan fingerprint density at radius 3 is 2.35 bits per heavy atom. The van der Waals surface area contributed by atoms with Gasteiger partial charge in [-0.3, -0.25) is 0 Å². The first kappa shape index (κ1) is 12.7. The maximum atomic E-state index is 6.08. The quantitative estimate of drug-likeness (QED) is 0.809. The van der Waals surface area contributed by atoms with Gasteiger partial charge in [0.15, 0.2) is 0 Å². The molecular weight excluding hydrogens is 273 g/mol. The van der Waals surface area contributed by atoms with Gasteiger partial charge in [-0.25, -0.2) is 0 Å². The van der Waals surface area contributed by atoms with Crippen molar-refractivity contribution in [1.82, 2.24) is 0 Å². The Morgan fingerprint density at radius 2 is 1.82 bits per heavy atom. The van der Waals surface area contributed by atoms with Gasteiger partial charge in [0.1, 0.15) is 0 Å². The lowest BCUT2D eigenvalue weighted by Gasteiger charge is -2.12. The Morgan fingerprint density at radius 1 is 1.18 bits per heavy atom. The summed E-state index contributed by atoms with van der Waals surface area (Å²) in [7, 11) is 0. The molecule has 0 aliphatic carbocycles. The van der Waals surface area contributed by atoms with E-state index in [9.17, 15) is 0 Å². The summed E-state index contributed by atoms with van der Waals surface area (Å²) in [4.78, 5) is 0. The predicted octanol–water partition coefficient (Wildman–Crippen LogP) is 5.28. The molecule has 2 aromatic rings. The largest absolute Gasteiger partial charge is 0.380 e. The van der Waals surface area contributed by atoms with Crippen molar-refractivity contribution in [3.8, 4) is 0 Å². The zero-order valence-electron chi connectivity index (χ0n) is 9.68.